The van der Waals surface area contributed by atoms with Crippen LogP contribution in [0.3, 0.4) is 0 Å². The molecule has 0 bridgehead atoms. The van der Waals surface area contributed by atoms with Gasteiger partial charge in [0.05, 0.1) is 12.2 Å². The van der Waals surface area contributed by atoms with Crippen LogP contribution in [0.25, 0.3) is 11.1 Å². The lowest BCUT2D eigenvalue weighted by molar-refractivity contribution is 0.0526. The monoisotopic (exact) mass is 275 g/mol. The Morgan fingerprint density at radius 3 is 3.00 bits per heavy atom. The summed E-state index contributed by atoms with van der Waals surface area (Å²) in [5.41, 5.74) is 1.87. The number of oxazole rings is 1. The summed E-state index contributed by atoms with van der Waals surface area (Å²) in [4.78, 5) is 18.3. The van der Waals surface area contributed by atoms with Crippen LogP contribution in [0.15, 0.2) is 22.6 Å². The van der Waals surface area contributed by atoms with Crippen molar-refractivity contribution in [2.75, 3.05) is 37.7 Å². The fraction of sp³-hybridized carbons (Fsp3) is 0.429. The molecule has 2 heterocycles. The van der Waals surface area contributed by atoms with Gasteiger partial charge in [-0.15, -0.1) is 0 Å². The van der Waals surface area contributed by atoms with E-state index in [4.69, 9.17) is 9.15 Å². The Balaban J connectivity index is 1.88. The molecule has 0 aliphatic carbocycles. The first kappa shape index (κ1) is 12.9. The van der Waals surface area contributed by atoms with Gasteiger partial charge in [0.2, 0.25) is 0 Å². The Hall–Kier alpha value is -2.08. The number of aromatic nitrogens is 1. The molecule has 0 saturated carbocycles. The molecule has 0 unspecified atom stereocenters. The number of carbonyl (C=O) groups is 1. The lowest BCUT2D eigenvalue weighted by atomic mass is 10.2. The maximum absolute atomic E-state index is 11.7. The van der Waals surface area contributed by atoms with Crippen molar-refractivity contribution >= 4 is 23.1 Å². The summed E-state index contributed by atoms with van der Waals surface area (Å²) in [6.07, 6.45) is 0. The van der Waals surface area contributed by atoms with Crippen molar-refractivity contribution in [2.45, 2.75) is 6.92 Å². The van der Waals surface area contributed by atoms with Crippen LogP contribution in [0.2, 0.25) is 0 Å². The molecular formula is C14H17N3O3. The van der Waals surface area contributed by atoms with E-state index < -0.39 is 0 Å². The number of carbonyl (C=O) groups excluding carboxylic acids is 1. The van der Waals surface area contributed by atoms with Gasteiger partial charge < -0.3 is 19.4 Å². The predicted octanol–water partition coefficient (Wildman–Crippen LogP) is 1.41. The van der Waals surface area contributed by atoms with Gasteiger partial charge in [-0.2, -0.15) is 4.98 Å². The first-order chi connectivity index (χ1) is 9.78. The first-order valence-electron chi connectivity index (χ1n) is 6.81. The second kappa shape index (κ2) is 5.50. The number of ether oxygens (including phenoxy) is 1. The van der Waals surface area contributed by atoms with E-state index in [1.54, 1.807) is 25.1 Å². The number of nitrogens with zero attached hydrogens (tertiary/aromatic N) is 2. The van der Waals surface area contributed by atoms with Crippen LogP contribution < -0.4 is 10.2 Å². The Kier molecular flexibility index (Phi) is 3.56. The summed E-state index contributed by atoms with van der Waals surface area (Å²) in [5.74, 6) is -0.332. The van der Waals surface area contributed by atoms with E-state index in [-0.39, 0.29) is 5.97 Å². The number of benzene rings is 1. The second-order valence-corrected chi connectivity index (χ2v) is 4.64. The van der Waals surface area contributed by atoms with Crippen molar-refractivity contribution in [2.24, 2.45) is 0 Å². The number of piperazine rings is 1. The van der Waals surface area contributed by atoms with E-state index in [1.807, 2.05) is 0 Å². The fourth-order valence-electron chi connectivity index (χ4n) is 2.25. The molecule has 2 aromatic rings. The highest BCUT2D eigenvalue weighted by molar-refractivity contribution is 5.93. The van der Waals surface area contributed by atoms with E-state index >= 15 is 0 Å². The number of anilines is 1. The summed E-state index contributed by atoms with van der Waals surface area (Å²) in [5, 5.41) is 3.28. The van der Waals surface area contributed by atoms with Crippen molar-refractivity contribution in [1.82, 2.24) is 10.3 Å². The maximum atomic E-state index is 11.7. The van der Waals surface area contributed by atoms with E-state index in [2.05, 4.69) is 15.2 Å². The SMILES string of the molecule is CCOC(=O)c1ccc2oc(N3CCNCC3)nc2c1. The molecule has 6 nitrogen and oxygen atoms in total. The van der Waals surface area contributed by atoms with Crippen LogP contribution in [-0.2, 0) is 4.74 Å². The van der Waals surface area contributed by atoms with E-state index in [9.17, 15) is 4.79 Å². The van der Waals surface area contributed by atoms with Gasteiger partial charge in [-0.25, -0.2) is 4.79 Å². The molecule has 1 aliphatic rings. The fourth-order valence-corrected chi connectivity index (χ4v) is 2.25. The second-order valence-electron chi connectivity index (χ2n) is 4.64. The molecule has 20 heavy (non-hydrogen) atoms. The van der Waals surface area contributed by atoms with Gasteiger partial charge in [-0.05, 0) is 25.1 Å². The highest BCUT2D eigenvalue weighted by Gasteiger charge is 2.17. The number of esters is 1. The molecule has 1 aromatic heterocycles. The van der Waals surface area contributed by atoms with Crippen LogP contribution >= 0.6 is 0 Å². The summed E-state index contributed by atoms with van der Waals surface area (Å²) in [6, 6.07) is 5.79. The highest BCUT2D eigenvalue weighted by Crippen LogP contribution is 2.23. The lowest BCUT2D eigenvalue weighted by Crippen LogP contribution is -2.43. The molecule has 106 valence electrons. The standard InChI is InChI=1S/C14H17N3O3/c1-2-19-13(18)10-3-4-12-11(9-10)16-14(20-12)17-7-5-15-6-8-17/h3-4,9,15H,2,5-8H2,1H3. The van der Waals surface area contributed by atoms with Crippen molar-refractivity contribution in [1.29, 1.82) is 0 Å². The Labute approximate surface area is 116 Å². The lowest BCUT2D eigenvalue weighted by Gasteiger charge is -2.25. The zero-order valence-corrected chi connectivity index (χ0v) is 11.4. The van der Waals surface area contributed by atoms with Gasteiger partial charge >= 0.3 is 5.97 Å². The Morgan fingerprint density at radius 1 is 1.45 bits per heavy atom. The first-order valence-corrected chi connectivity index (χ1v) is 6.81. The maximum Gasteiger partial charge on any atom is 0.338 e. The largest absolute Gasteiger partial charge is 0.462 e. The van der Waals surface area contributed by atoms with Gasteiger partial charge in [0.15, 0.2) is 5.58 Å². The average Bonchev–Trinajstić information content (AvgIpc) is 2.91. The molecule has 0 spiro atoms. The van der Waals surface area contributed by atoms with E-state index in [1.165, 1.54) is 0 Å². The molecule has 1 N–H and O–H groups in total. The number of rotatable bonds is 3. The van der Waals surface area contributed by atoms with Crippen molar-refractivity contribution < 1.29 is 13.9 Å². The minimum Gasteiger partial charge on any atom is -0.462 e. The molecule has 6 heteroatoms. The van der Waals surface area contributed by atoms with E-state index in [0.29, 0.717) is 29.3 Å². The molecule has 1 aromatic carbocycles. The molecule has 0 atom stereocenters. The third kappa shape index (κ3) is 2.46. The van der Waals surface area contributed by atoms with Crippen LogP contribution in [0.1, 0.15) is 17.3 Å². The van der Waals surface area contributed by atoms with Crippen LogP contribution in [0.4, 0.5) is 6.01 Å². The third-order valence-electron chi connectivity index (χ3n) is 3.27. The van der Waals surface area contributed by atoms with Crippen LogP contribution in [0.5, 0.6) is 0 Å². The molecule has 0 radical (unpaired) electrons. The van der Waals surface area contributed by atoms with Crippen molar-refractivity contribution in [3.8, 4) is 0 Å². The summed E-state index contributed by atoms with van der Waals surface area (Å²) >= 11 is 0. The van der Waals surface area contributed by atoms with E-state index in [0.717, 1.165) is 26.2 Å². The van der Waals surface area contributed by atoms with Gasteiger partial charge in [0.25, 0.3) is 6.01 Å². The summed E-state index contributed by atoms with van der Waals surface area (Å²) in [7, 11) is 0. The van der Waals surface area contributed by atoms with Gasteiger partial charge in [0, 0.05) is 26.2 Å². The van der Waals surface area contributed by atoms with Crippen molar-refractivity contribution in [3.63, 3.8) is 0 Å². The predicted molar refractivity (Wildman–Crippen MR) is 75.0 cm³/mol. The minimum absolute atomic E-state index is 0.332. The Morgan fingerprint density at radius 2 is 2.25 bits per heavy atom. The van der Waals surface area contributed by atoms with Gasteiger partial charge in [-0.1, -0.05) is 0 Å². The third-order valence-corrected chi connectivity index (χ3v) is 3.27. The number of nitrogens with one attached hydrogen (secondary N) is 1. The van der Waals surface area contributed by atoms with Crippen LogP contribution in [0, 0.1) is 0 Å². The smallest absolute Gasteiger partial charge is 0.338 e. The highest BCUT2D eigenvalue weighted by atomic mass is 16.5. The summed E-state index contributed by atoms with van der Waals surface area (Å²) < 4.78 is 10.7. The average molecular weight is 275 g/mol. The molecule has 0 amide bonds. The molecular weight excluding hydrogens is 258 g/mol. The summed E-state index contributed by atoms with van der Waals surface area (Å²) in [6.45, 7) is 5.74. The molecule has 1 aliphatic heterocycles. The molecule has 1 saturated heterocycles. The van der Waals surface area contributed by atoms with Crippen molar-refractivity contribution in [3.05, 3.63) is 23.8 Å². The quantitative estimate of drug-likeness (QED) is 0.854. The number of hydrogen-bond donors (Lipinski definition) is 1. The number of fused-ring (bicyclic) bond motifs is 1. The topological polar surface area (TPSA) is 67.6 Å². The minimum atomic E-state index is -0.332. The zero-order valence-electron chi connectivity index (χ0n) is 11.4. The Bertz CT molecular complexity index is 617. The van der Waals surface area contributed by atoms with Gasteiger partial charge in [-0.3, -0.25) is 0 Å². The normalized spacial score (nSPS) is 15.6. The number of hydrogen-bond acceptors (Lipinski definition) is 6. The van der Waals surface area contributed by atoms with Gasteiger partial charge in [0.1, 0.15) is 5.52 Å². The molecule has 1 fully saturated rings. The van der Waals surface area contributed by atoms with Crippen LogP contribution in [-0.4, -0.2) is 43.7 Å². The zero-order chi connectivity index (χ0) is 13.9. The molecule has 3 rings (SSSR count).